The summed E-state index contributed by atoms with van der Waals surface area (Å²) >= 11 is 0. The lowest BCUT2D eigenvalue weighted by molar-refractivity contribution is -0.118. The van der Waals surface area contributed by atoms with Gasteiger partial charge in [-0.05, 0) is 47.9 Å². The van der Waals surface area contributed by atoms with Crippen molar-refractivity contribution in [2.75, 3.05) is 7.11 Å². The molecule has 0 aliphatic carbocycles. The topological polar surface area (TPSA) is 26.3 Å². The maximum absolute atomic E-state index is 13.4. The summed E-state index contributed by atoms with van der Waals surface area (Å²) in [6.45, 7) is 0. The first-order valence-corrected chi connectivity index (χ1v) is 6.67. The molecule has 2 aromatic carbocycles. The highest BCUT2D eigenvalue weighted by atomic mass is 19.1. The van der Waals surface area contributed by atoms with E-state index in [1.165, 1.54) is 0 Å². The Balaban J connectivity index is 1.91. The van der Waals surface area contributed by atoms with Crippen molar-refractivity contribution in [1.29, 1.82) is 0 Å². The largest absolute Gasteiger partial charge is 0.497 e. The van der Waals surface area contributed by atoms with E-state index in [0.717, 1.165) is 29.5 Å². The standard InChI is InChI=1S/C17H16F2O2/c1-21-16-7-3-12(4-8-16)2-6-15(20)11-13-10-14(18)5-9-17(13)19/h3-5,7-10H,2,6,11H2,1H3. The number of ketones is 1. The molecule has 0 heterocycles. The lowest BCUT2D eigenvalue weighted by Crippen LogP contribution is -2.06. The molecule has 0 spiro atoms. The van der Waals surface area contributed by atoms with Gasteiger partial charge < -0.3 is 4.74 Å². The number of aryl methyl sites for hydroxylation is 1. The van der Waals surface area contributed by atoms with Crippen LogP contribution in [-0.4, -0.2) is 12.9 Å². The Morgan fingerprint density at radius 1 is 1.10 bits per heavy atom. The third-order valence-corrected chi connectivity index (χ3v) is 3.25. The van der Waals surface area contributed by atoms with E-state index in [0.29, 0.717) is 12.8 Å². The molecule has 0 saturated heterocycles. The fourth-order valence-electron chi connectivity index (χ4n) is 2.06. The van der Waals surface area contributed by atoms with E-state index in [4.69, 9.17) is 4.74 Å². The molecule has 0 aromatic heterocycles. The highest BCUT2D eigenvalue weighted by molar-refractivity contribution is 5.81. The van der Waals surface area contributed by atoms with Gasteiger partial charge in [0.05, 0.1) is 7.11 Å². The third-order valence-electron chi connectivity index (χ3n) is 3.25. The second-order valence-corrected chi connectivity index (χ2v) is 4.80. The first-order chi connectivity index (χ1) is 10.1. The summed E-state index contributed by atoms with van der Waals surface area (Å²) in [6.07, 6.45) is 0.780. The van der Waals surface area contributed by atoms with Crippen molar-refractivity contribution in [3.05, 3.63) is 65.2 Å². The van der Waals surface area contributed by atoms with Gasteiger partial charge in [0.15, 0.2) is 0 Å². The summed E-state index contributed by atoms with van der Waals surface area (Å²) in [5.74, 6) is -0.439. The molecular weight excluding hydrogens is 274 g/mol. The summed E-state index contributed by atoms with van der Waals surface area (Å²) in [5.41, 5.74) is 1.11. The van der Waals surface area contributed by atoms with Gasteiger partial charge in [0, 0.05) is 12.8 Å². The molecule has 2 aromatic rings. The Morgan fingerprint density at radius 2 is 1.81 bits per heavy atom. The van der Waals surface area contributed by atoms with Crippen molar-refractivity contribution in [3.63, 3.8) is 0 Å². The first kappa shape index (κ1) is 15.2. The summed E-state index contributed by atoms with van der Waals surface area (Å²) in [7, 11) is 1.59. The maximum atomic E-state index is 13.4. The summed E-state index contributed by atoms with van der Waals surface area (Å²) in [5, 5.41) is 0. The summed E-state index contributed by atoms with van der Waals surface area (Å²) < 4.78 is 31.5. The predicted octanol–water partition coefficient (Wildman–Crippen LogP) is 3.72. The molecule has 21 heavy (non-hydrogen) atoms. The number of methoxy groups -OCH3 is 1. The lowest BCUT2D eigenvalue weighted by Gasteiger charge is -2.05. The van der Waals surface area contributed by atoms with Crippen LogP contribution in [0, 0.1) is 11.6 Å². The molecule has 0 saturated carbocycles. The van der Waals surface area contributed by atoms with Gasteiger partial charge in [-0.15, -0.1) is 0 Å². The predicted molar refractivity (Wildman–Crippen MR) is 76.4 cm³/mol. The van der Waals surface area contributed by atoms with Crippen molar-refractivity contribution in [2.45, 2.75) is 19.3 Å². The minimum atomic E-state index is -0.547. The average Bonchev–Trinajstić information content (AvgIpc) is 2.49. The van der Waals surface area contributed by atoms with E-state index < -0.39 is 11.6 Å². The van der Waals surface area contributed by atoms with Crippen molar-refractivity contribution < 1.29 is 18.3 Å². The number of ether oxygens (including phenoxy) is 1. The maximum Gasteiger partial charge on any atom is 0.137 e. The number of halogens is 2. The number of hydrogen-bond donors (Lipinski definition) is 0. The molecule has 0 aliphatic rings. The molecule has 0 bridgehead atoms. The highest BCUT2D eigenvalue weighted by Gasteiger charge is 2.10. The van der Waals surface area contributed by atoms with Crippen molar-refractivity contribution >= 4 is 5.78 Å². The molecule has 110 valence electrons. The van der Waals surface area contributed by atoms with E-state index in [1.807, 2.05) is 24.3 Å². The molecule has 0 amide bonds. The first-order valence-electron chi connectivity index (χ1n) is 6.67. The highest BCUT2D eigenvalue weighted by Crippen LogP contribution is 2.15. The van der Waals surface area contributed by atoms with Crippen LogP contribution in [-0.2, 0) is 17.6 Å². The third kappa shape index (κ3) is 4.38. The van der Waals surface area contributed by atoms with Gasteiger partial charge in [0.2, 0.25) is 0 Å². The Morgan fingerprint density at radius 3 is 2.48 bits per heavy atom. The Kier molecular flexibility index (Phi) is 5.04. The minimum absolute atomic E-state index is 0.0836. The van der Waals surface area contributed by atoms with Gasteiger partial charge in [0.1, 0.15) is 23.2 Å². The quantitative estimate of drug-likeness (QED) is 0.810. The van der Waals surface area contributed by atoms with Gasteiger partial charge >= 0.3 is 0 Å². The summed E-state index contributed by atoms with van der Waals surface area (Å²) in [4.78, 5) is 11.9. The normalized spacial score (nSPS) is 10.4. The van der Waals surface area contributed by atoms with Gasteiger partial charge in [-0.1, -0.05) is 12.1 Å². The van der Waals surface area contributed by atoms with Crippen LogP contribution in [0.15, 0.2) is 42.5 Å². The number of rotatable bonds is 6. The molecule has 0 unspecified atom stereocenters. The zero-order chi connectivity index (χ0) is 15.2. The molecule has 0 atom stereocenters. The molecule has 0 fully saturated rings. The Bertz CT molecular complexity index is 621. The van der Waals surface area contributed by atoms with Crippen LogP contribution in [0.1, 0.15) is 17.5 Å². The minimum Gasteiger partial charge on any atom is -0.497 e. The fourth-order valence-corrected chi connectivity index (χ4v) is 2.06. The average molecular weight is 290 g/mol. The molecule has 0 aliphatic heterocycles. The van der Waals surface area contributed by atoms with Gasteiger partial charge in [0.25, 0.3) is 0 Å². The van der Waals surface area contributed by atoms with Gasteiger partial charge in [-0.2, -0.15) is 0 Å². The zero-order valence-corrected chi connectivity index (χ0v) is 11.7. The van der Waals surface area contributed by atoms with Crippen LogP contribution in [0.2, 0.25) is 0 Å². The SMILES string of the molecule is COc1ccc(CCC(=O)Cc2cc(F)ccc2F)cc1. The number of benzene rings is 2. The van der Waals surface area contributed by atoms with E-state index in [-0.39, 0.29) is 17.8 Å². The van der Waals surface area contributed by atoms with E-state index >= 15 is 0 Å². The molecule has 0 radical (unpaired) electrons. The fraction of sp³-hybridized carbons (Fsp3) is 0.235. The Hall–Kier alpha value is -2.23. The van der Waals surface area contributed by atoms with Crippen molar-refractivity contribution in [1.82, 2.24) is 0 Å². The van der Waals surface area contributed by atoms with Crippen molar-refractivity contribution in [2.24, 2.45) is 0 Å². The van der Waals surface area contributed by atoms with Crippen LogP contribution in [0.5, 0.6) is 5.75 Å². The Labute approximate surface area is 122 Å². The van der Waals surface area contributed by atoms with Crippen molar-refractivity contribution in [3.8, 4) is 5.75 Å². The monoisotopic (exact) mass is 290 g/mol. The van der Waals surface area contributed by atoms with Gasteiger partial charge in [-0.3, -0.25) is 4.79 Å². The van der Waals surface area contributed by atoms with Crippen LogP contribution < -0.4 is 4.74 Å². The van der Waals surface area contributed by atoms with Crippen LogP contribution >= 0.6 is 0 Å². The molecular formula is C17H16F2O2. The number of carbonyl (C=O) groups is 1. The van der Waals surface area contributed by atoms with Crippen LogP contribution in [0.3, 0.4) is 0 Å². The number of carbonyl (C=O) groups excluding carboxylic acids is 1. The van der Waals surface area contributed by atoms with Crippen LogP contribution in [0.4, 0.5) is 8.78 Å². The summed E-state index contributed by atoms with van der Waals surface area (Å²) in [6, 6.07) is 10.6. The zero-order valence-electron chi connectivity index (χ0n) is 11.7. The molecule has 2 rings (SSSR count). The van der Waals surface area contributed by atoms with Crippen LogP contribution in [0.25, 0.3) is 0 Å². The second kappa shape index (κ2) is 6.97. The molecule has 4 heteroatoms. The smallest absolute Gasteiger partial charge is 0.137 e. The van der Waals surface area contributed by atoms with Gasteiger partial charge in [-0.25, -0.2) is 8.78 Å². The molecule has 2 nitrogen and oxygen atoms in total. The molecule has 0 N–H and O–H groups in total. The lowest BCUT2D eigenvalue weighted by atomic mass is 10.0. The van der Waals surface area contributed by atoms with E-state index in [2.05, 4.69) is 0 Å². The number of Topliss-reactive ketones (excluding diaryl/α,β-unsaturated/α-hetero) is 1. The second-order valence-electron chi connectivity index (χ2n) is 4.80. The number of hydrogen-bond acceptors (Lipinski definition) is 2. The van der Waals surface area contributed by atoms with E-state index in [1.54, 1.807) is 7.11 Å². The van der Waals surface area contributed by atoms with E-state index in [9.17, 15) is 13.6 Å².